The molecule has 0 aliphatic heterocycles. The fraction of sp³-hybridized carbons (Fsp3) is 0.0909. The largest absolute Gasteiger partial charge is 0.383 e. The Kier molecular flexibility index (Phi) is 2.89. The van der Waals surface area contributed by atoms with Crippen molar-refractivity contribution in [3.05, 3.63) is 52.7 Å². The van der Waals surface area contributed by atoms with Crippen LogP contribution in [0.2, 0.25) is 0 Å². The molecule has 0 saturated heterocycles. The highest BCUT2D eigenvalue weighted by Gasteiger charge is 2.12. The highest BCUT2D eigenvalue weighted by atomic mass is 32.1. The van der Waals surface area contributed by atoms with Gasteiger partial charge in [0.15, 0.2) is 7.85 Å². The first-order valence-corrected chi connectivity index (χ1v) is 5.48. The average Bonchev–Trinajstić information content (AvgIpc) is 2.64. The van der Waals surface area contributed by atoms with Gasteiger partial charge in [0, 0.05) is 4.88 Å². The molecule has 1 aromatic carbocycles. The standard InChI is InChI=1S/C11H10BFOS/c12-10-5-4-9(15-10)11(14)7-2-1-3-8(13)6-7/h1-6,11,14H,12H2. The SMILES string of the molecule is Bc1ccc(C(O)c2cccc(F)c2)s1. The summed E-state index contributed by atoms with van der Waals surface area (Å²) in [5.74, 6) is -0.320. The Balaban J connectivity index is 2.32. The fourth-order valence-corrected chi connectivity index (χ4v) is 2.33. The summed E-state index contributed by atoms with van der Waals surface area (Å²) < 4.78 is 14.1. The molecule has 0 amide bonds. The van der Waals surface area contributed by atoms with Gasteiger partial charge in [-0.2, -0.15) is 11.3 Å². The number of aliphatic hydroxyl groups is 1. The van der Waals surface area contributed by atoms with Gasteiger partial charge in [0.25, 0.3) is 0 Å². The molecule has 1 aromatic heterocycles. The fourth-order valence-electron chi connectivity index (χ4n) is 1.44. The molecule has 1 atom stereocenters. The molecule has 1 unspecified atom stereocenters. The van der Waals surface area contributed by atoms with Crippen LogP contribution >= 0.6 is 11.3 Å². The maximum absolute atomic E-state index is 12.9. The van der Waals surface area contributed by atoms with Gasteiger partial charge in [0.05, 0.1) is 0 Å². The third-order valence-electron chi connectivity index (χ3n) is 2.20. The van der Waals surface area contributed by atoms with E-state index < -0.39 is 6.10 Å². The lowest BCUT2D eigenvalue weighted by atomic mass is 10.1. The van der Waals surface area contributed by atoms with Crippen molar-refractivity contribution >= 4 is 24.0 Å². The Hall–Kier alpha value is -1.13. The Morgan fingerprint density at radius 2 is 2.07 bits per heavy atom. The summed E-state index contributed by atoms with van der Waals surface area (Å²) in [6.45, 7) is 0. The van der Waals surface area contributed by atoms with Crippen molar-refractivity contribution < 1.29 is 9.50 Å². The molecule has 1 heterocycles. The zero-order valence-electron chi connectivity index (χ0n) is 8.27. The van der Waals surface area contributed by atoms with E-state index in [-0.39, 0.29) is 5.82 Å². The Morgan fingerprint density at radius 1 is 1.27 bits per heavy atom. The van der Waals surface area contributed by atoms with Gasteiger partial charge in [-0.05, 0) is 28.5 Å². The predicted octanol–water partition coefficient (Wildman–Crippen LogP) is 1.23. The monoisotopic (exact) mass is 220 g/mol. The average molecular weight is 220 g/mol. The summed E-state index contributed by atoms with van der Waals surface area (Å²) >= 11 is 1.52. The normalized spacial score (nSPS) is 12.7. The quantitative estimate of drug-likeness (QED) is 0.754. The summed E-state index contributed by atoms with van der Waals surface area (Å²) in [6.07, 6.45) is -0.723. The summed E-state index contributed by atoms with van der Waals surface area (Å²) in [4.78, 5) is 0.845. The molecule has 0 fully saturated rings. The minimum absolute atomic E-state index is 0.320. The molecule has 2 rings (SSSR count). The van der Waals surface area contributed by atoms with Gasteiger partial charge in [-0.1, -0.05) is 18.2 Å². The van der Waals surface area contributed by atoms with Crippen LogP contribution in [-0.4, -0.2) is 13.0 Å². The van der Waals surface area contributed by atoms with Crippen LogP contribution in [0, 0.1) is 5.82 Å². The van der Waals surface area contributed by atoms with Gasteiger partial charge < -0.3 is 5.11 Å². The first-order chi connectivity index (χ1) is 7.16. The van der Waals surface area contributed by atoms with Gasteiger partial charge >= 0.3 is 0 Å². The number of thiophene rings is 1. The predicted molar refractivity (Wildman–Crippen MR) is 63.0 cm³/mol. The molecule has 1 nitrogen and oxygen atoms in total. The first kappa shape index (κ1) is 10.4. The van der Waals surface area contributed by atoms with Crippen LogP contribution in [0.25, 0.3) is 0 Å². The lowest BCUT2D eigenvalue weighted by Crippen LogP contribution is -1.97. The van der Waals surface area contributed by atoms with Gasteiger partial charge in [0.1, 0.15) is 11.9 Å². The third kappa shape index (κ3) is 2.27. The lowest BCUT2D eigenvalue weighted by Gasteiger charge is -2.08. The molecule has 2 aromatic rings. The summed E-state index contributed by atoms with van der Waals surface area (Å²) in [6, 6.07) is 9.88. The maximum atomic E-state index is 12.9. The van der Waals surface area contributed by atoms with E-state index in [1.54, 1.807) is 12.1 Å². The summed E-state index contributed by atoms with van der Waals surface area (Å²) in [5.41, 5.74) is 0.594. The molecular weight excluding hydrogens is 210 g/mol. The second kappa shape index (κ2) is 4.17. The molecule has 15 heavy (non-hydrogen) atoms. The van der Waals surface area contributed by atoms with Crippen LogP contribution in [0.5, 0.6) is 0 Å². The van der Waals surface area contributed by atoms with Gasteiger partial charge in [-0.3, -0.25) is 0 Å². The molecule has 0 aliphatic carbocycles. The number of hydrogen-bond acceptors (Lipinski definition) is 2. The smallest absolute Gasteiger partial charge is 0.152 e. The van der Waals surface area contributed by atoms with E-state index in [4.69, 9.17) is 0 Å². The molecular formula is C11H10BFOS. The number of aliphatic hydroxyl groups excluding tert-OH is 1. The molecule has 4 heteroatoms. The summed E-state index contributed by atoms with van der Waals surface area (Å²) in [7, 11) is 1.98. The zero-order chi connectivity index (χ0) is 10.8. The van der Waals surface area contributed by atoms with E-state index in [0.717, 1.165) is 9.65 Å². The molecule has 76 valence electrons. The van der Waals surface area contributed by atoms with Crippen molar-refractivity contribution in [3.8, 4) is 0 Å². The van der Waals surface area contributed by atoms with Crippen LogP contribution in [0.4, 0.5) is 4.39 Å². The Bertz CT molecular complexity index is 469. The van der Waals surface area contributed by atoms with E-state index in [9.17, 15) is 9.50 Å². The molecule has 0 spiro atoms. The lowest BCUT2D eigenvalue weighted by molar-refractivity contribution is 0.223. The molecule has 0 saturated carbocycles. The minimum atomic E-state index is -0.723. The van der Waals surface area contributed by atoms with E-state index in [2.05, 4.69) is 0 Å². The minimum Gasteiger partial charge on any atom is -0.383 e. The Labute approximate surface area is 92.6 Å². The van der Waals surface area contributed by atoms with Crippen molar-refractivity contribution in [2.24, 2.45) is 0 Å². The number of rotatable bonds is 2. The van der Waals surface area contributed by atoms with Crippen LogP contribution in [0.15, 0.2) is 36.4 Å². The maximum Gasteiger partial charge on any atom is 0.152 e. The van der Waals surface area contributed by atoms with Crippen LogP contribution in [0.1, 0.15) is 16.5 Å². The van der Waals surface area contributed by atoms with Crippen molar-refractivity contribution in [3.63, 3.8) is 0 Å². The first-order valence-electron chi connectivity index (χ1n) is 4.66. The van der Waals surface area contributed by atoms with Gasteiger partial charge in [-0.25, -0.2) is 4.39 Å². The van der Waals surface area contributed by atoms with Gasteiger partial charge in [-0.15, -0.1) is 0 Å². The zero-order valence-corrected chi connectivity index (χ0v) is 9.09. The third-order valence-corrected chi connectivity index (χ3v) is 3.25. The van der Waals surface area contributed by atoms with E-state index in [0.29, 0.717) is 5.56 Å². The second-order valence-corrected chi connectivity index (χ2v) is 4.73. The molecule has 1 N–H and O–H groups in total. The van der Waals surface area contributed by atoms with Crippen molar-refractivity contribution in [1.82, 2.24) is 0 Å². The highest BCUT2D eigenvalue weighted by Crippen LogP contribution is 2.24. The number of halogens is 1. The molecule has 0 bridgehead atoms. The van der Waals surface area contributed by atoms with Crippen LogP contribution in [-0.2, 0) is 0 Å². The number of benzene rings is 1. The van der Waals surface area contributed by atoms with Crippen LogP contribution in [0.3, 0.4) is 0 Å². The second-order valence-electron chi connectivity index (χ2n) is 3.41. The van der Waals surface area contributed by atoms with E-state index >= 15 is 0 Å². The highest BCUT2D eigenvalue weighted by molar-refractivity contribution is 7.20. The van der Waals surface area contributed by atoms with E-state index in [1.807, 2.05) is 20.0 Å². The summed E-state index contributed by atoms with van der Waals surface area (Å²) in [5, 5.41) is 9.97. The van der Waals surface area contributed by atoms with Gasteiger partial charge in [0.2, 0.25) is 0 Å². The van der Waals surface area contributed by atoms with E-state index in [1.165, 1.54) is 23.5 Å². The molecule has 0 aliphatic rings. The Morgan fingerprint density at radius 3 is 2.67 bits per heavy atom. The van der Waals surface area contributed by atoms with Crippen molar-refractivity contribution in [2.45, 2.75) is 6.10 Å². The number of hydrogen-bond donors (Lipinski definition) is 1. The topological polar surface area (TPSA) is 20.2 Å². The van der Waals surface area contributed by atoms with Crippen molar-refractivity contribution in [2.75, 3.05) is 0 Å². The van der Waals surface area contributed by atoms with Crippen LogP contribution < -0.4 is 4.78 Å². The molecule has 0 radical (unpaired) electrons. The van der Waals surface area contributed by atoms with Crippen molar-refractivity contribution in [1.29, 1.82) is 0 Å².